The van der Waals surface area contributed by atoms with Crippen LogP contribution in [0.5, 0.6) is 0 Å². The topological polar surface area (TPSA) is 111 Å². The molecule has 4 N–H and O–H groups in total. The molecule has 0 aliphatic rings. The number of amides is 1. The van der Waals surface area contributed by atoms with Gasteiger partial charge in [0.05, 0.1) is 40.3 Å². The number of benzene rings is 2. The van der Waals surface area contributed by atoms with Crippen molar-refractivity contribution in [2.45, 2.75) is 0 Å². The van der Waals surface area contributed by atoms with Gasteiger partial charge in [-0.1, -0.05) is 23.2 Å². The average Bonchev–Trinajstić information content (AvgIpc) is 2.82. The third kappa shape index (κ3) is 6.72. The molecule has 1 amide bonds. The summed E-state index contributed by atoms with van der Waals surface area (Å²) in [6.07, 6.45) is 3.48. The second-order valence-electron chi connectivity index (χ2n) is 6.99. The third-order valence-corrected chi connectivity index (χ3v) is 5.21. The van der Waals surface area contributed by atoms with Crippen LogP contribution in [0.15, 0.2) is 47.7 Å². The number of nitrogens with zero attached hydrogens (tertiary/aromatic N) is 2. The number of aromatic nitrogens is 1. The zero-order valence-corrected chi connectivity index (χ0v) is 19.8. The molecular formula is C23H20Cl2F2N6O2. The Morgan fingerprint density at radius 1 is 1.17 bits per heavy atom. The van der Waals surface area contributed by atoms with Gasteiger partial charge in [-0.15, -0.1) is 0 Å². The molecule has 0 saturated carbocycles. The highest BCUT2D eigenvalue weighted by Crippen LogP contribution is 2.34. The van der Waals surface area contributed by atoms with E-state index in [1.54, 1.807) is 0 Å². The highest BCUT2D eigenvalue weighted by atomic mass is 35.5. The van der Waals surface area contributed by atoms with Gasteiger partial charge in [0.2, 0.25) is 0 Å². The Labute approximate surface area is 209 Å². The fourth-order valence-electron chi connectivity index (χ4n) is 3.04. The fraction of sp³-hybridized carbons (Fsp3) is 0.130. The van der Waals surface area contributed by atoms with Crippen molar-refractivity contribution in [1.29, 1.82) is 5.41 Å². The highest BCUT2D eigenvalue weighted by molar-refractivity contribution is 6.35. The summed E-state index contributed by atoms with van der Waals surface area (Å²) in [4.78, 5) is 16.8. The predicted molar refractivity (Wildman–Crippen MR) is 135 cm³/mol. The van der Waals surface area contributed by atoms with E-state index in [1.807, 2.05) is 0 Å². The van der Waals surface area contributed by atoms with Crippen molar-refractivity contribution in [3.8, 4) is 11.1 Å². The summed E-state index contributed by atoms with van der Waals surface area (Å²) in [6.45, 7) is 0.744. The van der Waals surface area contributed by atoms with E-state index in [9.17, 15) is 9.18 Å². The molecule has 0 radical (unpaired) electrons. The van der Waals surface area contributed by atoms with Crippen LogP contribution in [0.25, 0.3) is 11.1 Å². The first-order chi connectivity index (χ1) is 16.8. The molecule has 0 bridgehead atoms. The molecule has 1 aromatic heterocycles. The Bertz CT molecular complexity index is 1270. The standard InChI is InChI=1S/C23H20Cl2F2N6O2/c1-35-7-6-29-21-8-13(26)2-3-15(21)16-10-18(24)17(11-20(16)27)23(34)32-14-9-19(25)22(30-12-14)33-31-5-4-28/h2-5,8-12,28-29H,6-7H2,1H3,(H,30,33)(H,32,34)/b28-4?,31-5-. The highest BCUT2D eigenvalue weighted by Gasteiger charge is 2.19. The molecular weight excluding hydrogens is 501 g/mol. The van der Waals surface area contributed by atoms with Crippen molar-refractivity contribution in [2.75, 3.05) is 36.3 Å². The van der Waals surface area contributed by atoms with E-state index < -0.39 is 17.5 Å². The van der Waals surface area contributed by atoms with Crippen LogP contribution in [-0.2, 0) is 4.74 Å². The van der Waals surface area contributed by atoms with Crippen molar-refractivity contribution >= 4 is 58.7 Å². The smallest absolute Gasteiger partial charge is 0.257 e. The SMILES string of the molecule is COCCNc1cc(F)ccc1-c1cc(Cl)c(C(=O)Nc2cnc(N/N=C\C=N)c(Cl)c2)cc1F. The lowest BCUT2D eigenvalue weighted by Gasteiger charge is -2.15. The number of nitrogens with one attached hydrogen (secondary N) is 4. The summed E-state index contributed by atoms with van der Waals surface area (Å²) in [5.41, 5.74) is 3.50. The van der Waals surface area contributed by atoms with Gasteiger partial charge in [-0.2, -0.15) is 5.10 Å². The third-order valence-electron chi connectivity index (χ3n) is 4.61. The van der Waals surface area contributed by atoms with E-state index >= 15 is 4.39 Å². The van der Waals surface area contributed by atoms with Gasteiger partial charge in [0.25, 0.3) is 5.91 Å². The zero-order valence-electron chi connectivity index (χ0n) is 18.3. The van der Waals surface area contributed by atoms with Gasteiger partial charge >= 0.3 is 0 Å². The molecule has 0 saturated heterocycles. The van der Waals surface area contributed by atoms with Crippen LogP contribution in [0.1, 0.15) is 10.4 Å². The van der Waals surface area contributed by atoms with Crippen molar-refractivity contribution in [2.24, 2.45) is 5.10 Å². The van der Waals surface area contributed by atoms with Gasteiger partial charge in [-0.25, -0.2) is 13.8 Å². The fourth-order valence-corrected chi connectivity index (χ4v) is 3.49. The van der Waals surface area contributed by atoms with E-state index in [0.29, 0.717) is 24.4 Å². The average molecular weight is 521 g/mol. The van der Waals surface area contributed by atoms with Crippen molar-refractivity contribution in [1.82, 2.24) is 4.98 Å². The van der Waals surface area contributed by atoms with E-state index in [-0.39, 0.29) is 32.7 Å². The Balaban J connectivity index is 1.84. The lowest BCUT2D eigenvalue weighted by molar-refractivity contribution is 0.102. The monoisotopic (exact) mass is 520 g/mol. The molecule has 0 spiro atoms. The Kier molecular flexibility index (Phi) is 9.07. The normalized spacial score (nSPS) is 10.9. The summed E-state index contributed by atoms with van der Waals surface area (Å²) in [5.74, 6) is -1.68. The van der Waals surface area contributed by atoms with Gasteiger partial charge in [0.1, 0.15) is 11.6 Å². The number of rotatable bonds is 10. The maximum atomic E-state index is 15.1. The van der Waals surface area contributed by atoms with Crippen LogP contribution in [0.2, 0.25) is 10.0 Å². The van der Waals surface area contributed by atoms with Crippen LogP contribution >= 0.6 is 23.2 Å². The van der Waals surface area contributed by atoms with Gasteiger partial charge in [0.15, 0.2) is 5.82 Å². The lowest BCUT2D eigenvalue weighted by atomic mass is 10.0. The molecule has 0 aliphatic carbocycles. The molecule has 2 aromatic carbocycles. The summed E-state index contributed by atoms with van der Waals surface area (Å²) < 4.78 is 33.9. The van der Waals surface area contributed by atoms with Gasteiger partial charge in [0, 0.05) is 36.7 Å². The number of hydrogen-bond acceptors (Lipinski definition) is 7. The summed E-state index contributed by atoms with van der Waals surface area (Å²) in [6, 6.07) is 7.60. The van der Waals surface area contributed by atoms with Crippen LogP contribution in [0.4, 0.5) is 26.0 Å². The number of hydrazone groups is 1. The Morgan fingerprint density at radius 2 is 1.97 bits per heavy atom. The molecule has 8 nitrogen and oxygen atoms in total. The zero-order chi connectivity index (χ0) is 25.4. The molecule has 1 heterocycles. The second-order valence-corrected chi connectivity index (χ2v) is 7.80. The molecule has 0 fully saturated rings. The van der Waals surface area contributed by atoms with Crippen LogP contribution in [0, 0.1) is 17.0 Å². The molecule has 12 heteroatoms. The quantitative estimate of drug-likeness (QED) is 0.156. The predicted octanol–water partition coefficient (Wildman–Crippen LogP) is 5.69. The number of ether oxygens (including phenoxy) is 1. The maximum Gasteiger partial charge on any atom is 0.257 e. The second kappa shape index (κ2) is 12.2. The van der Waals surface area contributed by atoms with E-state index in [2.05, 4.69) is 26.1 Å². The number of carbonyl (C=O) groups excluding carboxylic acids is 1. The number of methoxy groups -OCH3 is 1. The number of halogens is 4. The first-order valence-electron chi connectivity index (χ1n) is 10.1. The van der Waals surface area contributed by atoms with Gasteiger partial charge in [-0.05, 0) is 36.4 Å². The van der Waals surface area contributed by atoms with Gasteiger partial charge < -0.3 is 20.8 Å². The van der Waals surface area contributed by atoms with Crippen LogP contribution in [0.3, 0.4) is 0 Å². The minimum atomic E-state index is -0.722. The largest absolute Gasteiger partial charge is 0.383 e. The molecule has 0 atom stereocenters. The first kappa shape index (κ1) is 26.0. The molecule has 35 heavy (non-hydrogen) atoms. The maximum absolute atomic E-state index is 15.1. The molecule has 182 valence electrons. The molecule has 0 unspecified atom stereocenters. The minimum absolute atomic E-state index is 0.00982. The van der Waals surface area contributed by atoms with E-state index in [4.69, 9.17) is 33.3 Å². The summed E-state index contributed by atoms with van der Waals surface area (Å²) in [5, 5.41) is 16.3. The molecule has 3 aromatic rings. The van der Waals surface area contributed by atoms with Crippen LogP contribution in [-0.4, -0.2) is 43.6 Å². The van der Waals surface area contributed by atoms with Crippen molar-refractivity contribution < 1.29 is 18.3 Å². The minimum Gasteiger partial charge on any atom is -0.383 e. The summed E-state index contributed by atoms with van der Waals surface area (Å²) in [7, 11) is 1.53. The Hall–Kier alpha value is -3.60. The summed E-state index contributed by atoms with van der Waals surface area (Å²) >= 11 is 12.4. The number of hydrogen-bond donors (Lipinski definition) is 4. The first-order valence-corrected chi connectivity index (χ1v) is 10.9. The lowest BCUT2D eigenvalue weighted by Crippen LogP contribution is -2.14. The molecule has 0 aliphatic heterocycles. The van der Waals surface area contributed by atoms with Crippen molar-refractivity contribution in [3.63, 3.8) is 0 Å². The Morgan fingerprint density at radius 3 is 2.69 bits per heavy atom. The van der Waals surface area contributed by atoms with Crippen molar-refractivity contribution in [3.05, 3.63) is 69.8 Å². The van der Waals surface area contributed by atoms with E-state index in [1.165, 1.54) is 49.9 Å². The number of anilines is 3. The van der Waals surface area contributed by atoms with Gasteiger partial charge in [-0.3, -0.25) is 10.2 Å². The number of pyridine rings is 1. The number of carbonyl (C=O) groups is 1. The van der Waals surface area contributed by atoms with Crippen LogP contribution < -0.4 is 16.1 Å². The van der Waals surface area contributed by atoms with E-state index in [0.717, 1.165) is 12.3 Å². The molecule has 3 rings (SSSR count).